The number of ether oxygens (including phenoxy) is 2. The van der Waals surface area contributed by atoms with Crippen molar-refractivity contribution in [1.82, 2.24) is 0 Å². The number of carboxylic acids is 1. The minimum absolute atomic E-state index is 0.112. The van der Waals surface area contributed by atoms with Gasteiger partial charge in [0.05, 0.1) is 18.2 Å². The van der Waals surface area contributed by atoms with Crippen LogP contribution < -0.4 is 9.47 Å². The molecule has 104 valence electrons. The highest BCUT2D eigenvalue weighted by molar-refractivity contribution is 9.10. The first-order valence-corrected chi connectivity index (χ1v) is 7.10. The Labute approximate surface area is 120 Å². The van der Waals surface area contributed by atoms with Crippen LogP contribution in [0.3, 0.4) is 0 Å². The molecular weight excluding hydrogens is 312 g/mol. The Bertz CT molecular complexity index is 469. The molecule has 0 heterocycles. The highest BCUT2D eigenvalue weighted by atomic mass is 79.9. The van der Waals surface area contributed by atoms with Crippen molar-refractivity contribution in [3.05, 3.63) is 22.2 Å². The summed E-state index contributed by atoms with van der Waals surface area (Å²) in [6, 6.07) is 3.75. The summed E-state index contributed by atoms with van der Waals surface area (Å²) in [5.74, 6) is 1.21. The Kier molecular flexibility index (Phi) is 4.69. The van der Waals surface area contributed by atoms with Gasteiger partial charge in [0.15, 0.2) is 11.5 Å². The van der Waals surface area contributed by atoms with Gasteiger partial charge >= 0.3 is 5.97 Å². The monoisotopic (exact) mass is 328 g/mol. The fourth-order valence-corrected chi connectivity index (χ4v) is 2.47. The second kappa shape index (κ2) is 6.28. The van der Waals surface area contributed by atoms with E-state index in [1.54, 1.807) is 7.11 Å². The molecule has 4 nitrogen and oxygen atoms in total. The van der Waals surface area contributed by atoms with Crippen LogP contribution in [0.25, 0.3) is 0 Å². The van der Waals surface area contributed by atoms with Crippen LogP contribution in [0.1, 0.15) is 24.8 Å². The summed E-state index contributed by atoms with van der Waals surface area (Å²) in [5.41, 5.74) is 0.931. The average molecular weight is 329 g/mol. The van der Waals surface area contributed by atoms with Crippen LogP contribution in [0.5, 0.6) is 11.5 Å². The molecule has 0 bridgehead atoms. The van der Waals surface area contributed by atoms with Gasteiger partial charge in [-0.3, -0.25) is 4.79 Å². The third-order valence-electron chi connectivity index (χ3n) is 3.07. The molecule has 1 fully saturated rings. The predicted octanol–water partition coefficient (Wildman–Crippen LogP) is 3.26. The van der Waals surface area contributed by atoms with Gasteiger partial charge in [0, 0.05) is 6.42 Å². The van der Waals surface area contributed by atoms with Crippen LogP contribution in [0.15, 0.2) is 16.6 Å². The van der Waals surface area contributed by atoms with Crippen LogP contribution in [0.2, 0.25) is 0 Å². The minimum Gasteiger partial charge on any atom is -0.492 e. The van der Waals surface area contributed by atoms with Gasteiger partial charge in [0.2, 0.25) is 0 Å². The average Bonchev–Trinajstić information content (AvgIpc) is 3.17. The molecule has 5 heteroatoms. The molecule has 0 amide bonds. The third kappa shape index (κ3) is 4.13. The molecule has 1 aliphatic carbocycles. The second-order valence-electron chi connectivity index (χ2n) is 4.76. The Morgan fingerprint density at radius 3 is 2.79 bits per heavy atom. The second-order valence-corrected chi connectivity index (χ2v) is 5.61. The van der Waals surface area contributed by atoms with Gasteiger partial charge in [0.1, 0.15) is 0 Å². The fourth-order valence-electron chi connectivity index (χ4n) is 1.81. The number of aryl methyl sites for hydroxylation is 1. The first-order chi connectivity index (χ1) is 9.10. The van der Waals surface area contributed by atoms with E-state index in [0.29, 0.717) is 30.4 Å². The van der Waals surface area contributed by atoms with Gasteiger partial charge < -0.3 is 14.6 Å². The van der Waals surface area contributed by atoms with E-state index in [0.717, 1.165) is 10.0 Å². The summed E-state index contributed by atoms with van der Waals surface area (Å²) in [7, 11) is 1.60. The molecule has 2 rings (SSSR count). The van der Waals surface area contributed by atoms with Crippen LogP contribution in [0, 0.1) is 5.92 Å². The Morgan fingerprint density at radius 2 is 2.21 bits per heavy atom. The molecule has 0 aromatic heterocycles. The van der Waals surface area contributed by atoms with Gasteiger partial charge in [-0.15, -0.1) is 0 Å². The van der Waals surface area contributed by atoms with Gasteiger partial charge in [-0.05, 0) is 58.8 Å². The molecule has 1 aromatic rings. The summed E-state index contributed by atoms with van der Waals surface area (Å²) >= 11 is 3.44. The van der Waals surface area contributed by atoms with Gasteiger partial charge in [-0.25, -0.2) is 0 Å². The maximum atomic E-state index is 10.6. The Hall–Kier alpha value is -1.23. The molecule has 0 atom stereocenters. The smallest absolute Gasteiger partial charge is 0.303 e. The number of carboxylic acid groups (broad SMARTS) is 1. The van der Waals surface area contributed by atoms with E-state index < -0.39 is 5.97 Å². The molecule has 1 saturated carbocycles. The number of hydrogen-bond donors (Lipinski definition) is 1. The van der Waals surface area contributed by atoms with Crippen LogP contribution >= 0.6 is 15.9 Å². The van der Waals surface area contributed by atoms with Crippen molar-refractivity contribution in [2.24, 2.45) is 5.92 Å². The minimum atomic E-state index is -0.799. The zero-order valence-electron chi connectivity index (χ0n) is 10.8. The van der Waals surface area contributed by atoms with Crippen molar-refractivity contribution in [2.45, 2.75) is 25.7 Å². The van der Waals surface area contributed by atoms with Gasteiger partial charge in [0.25, 0.3) is 0 Å². The first kappa shape index (κ1) is 14.2. The van der Waals surface area contributed by atoms with Gasteiger partial charge in [-0.2, -0.15) is 0 Å². The number of methoxy groups -OCH3 is 1. The van der Waals surface area contributed by atoms with Crippen molar-refractivity contribution in [3.63, 3.8) is 0 Å². The maximum Gasteiger partial charge on any atom is 0.303 e. The quantitative estimate of drug-likeness (QED) is 0.834. The zero-order valence-corrected chi connectivity index (χ0v) is 12.4. The van der Waals surface area contributed by atoms with Crippen molar-refractivity contribution in [1.29, 1.82) is 0 Å². The fraction of sp³-hybridized carbons (Fsp3) is 0.500. The summed E-state index contributed by atoms with van der Waals surface area (Å²) in [5, 5.41) is 8.73. The standard InChI is InChI=1S/C14H17BrO4/c1-18-14-11(15)6-10(4-5-13(16)17)7-12(14)19-8-9-2-3-9/h6-7,9H,2-5,8H2,1H3,(H,16,17). The number of carbonyl (C=O) groups is 1. The molecule has 1 aromatic carbocycles. The van der Waals surface area contributed by atoms with E-state index in [9.17, 15) is 4.79 Å². The van der Waals surface area contributed by atoms with Crippen molar-refractivity contribution in [3.8, 4) is 11.5 Å². The Morgan fingerprint density at radius 1 is 1.47 bits per heavy atom. The van der Waals surface area contributed by atoms with Crippen LogP contribution in [0.4, 0.5) is 0 Å². The number of hydrogen-bond acceptors (Lipinski definition) is 3. The van der Waals surface area contributed by atoms with Crippen molar-refractivity contribution in [2.75, 3.05) is 13.7 Å². The maximum absolute atomic E-state index is 10.6. The van der Waals surface area contributed by atoms with E-state index in [-0.39, 0.29) is 6.42 Å². The molecule has 0 aliphatic heterocycles. The number of benzene rings is 1. The molecular formula is C14H17BrO4. The third-order valence-corrected chi connectivity index (χ3v) is 3.66. The highest BCUT2D eigenvalue weighted by Gasteiger charge is 2.23. The Balaban J connectivity index is 2.13. The molecule has 19 heavy (non-hydrogen) atoms. The number of rotatable bonds is 7. The van der Waals surface area contributed by atoms with E-state index in [2.05, 4.69) is 15.9 Å². The summed E-state index contributed by atoms with van der Waals surface area (Å²) in [4.78, 5) is 10.6. The topological polar surface area (TPSA) is 55.8 Å². The van der Waals surface area contributed by atoms with E-state index in [1.807, 2.05) is 12.1 Å². The van der Waals surface area contributed by atoms with E-state index in [4.69, 9.17) is 14.6 Å². The summed E-state index contributed by atoms with van der Waals surface area (Å²) in [6.07, 6.45) is 3.04. The summed E-state index contributed by atoms with van der Waals surface area (Å²) in [6.45, 7) is 0.700. The SMILES string of the molecule is COc1c(Br)cc(CCC(=O)O)cc1OCC1CC1. The number of aliphatic carboxylic acids is 1. The molecule has 1 N–H and O–H groups in total. The normalized spacial score (nSPS) is 14.2. The van der Waals surface area contributed by atoms with Crippen LogP contribution in [-0.2, 0) is 11.2 Å². The molecule has 1 aliphatic rings. The highest BCUT2D eigenvalue weighted by Crippen LogP contribution is 2.38. The largest absolute Gasteiger partial charge is 0.492 e. The number of halogens is 1. The lowest BCUT2D eigenvalue weighted by Gasteiger charge is -2.14. The lowest BCUT2D eigenvalue weighted by Crippen LogP contribution is -2.03. The summed E-state index contributed by atoms with van der Waals surface area (Å²) < 4.78 is 11.9. The molecule has 0 unspecified atom stereocenters. The van der Waals surface area contributed by atoms with Gasteiger partial charge in [-0.1, -0.05) is 0 Å². The zero-order chi connectivity index (χ0) is 13.8. The molecule has 0 radical (unpaired) electrons. The van der Waals surface area contributed by atoms with E-state index in [1.165, 1.54) is 12.8 Å². The first-order valence-electron chi connectivity index (χ1n) is 6.31. The molecule has 0 spiro atoms. The van der Waals surface area contributed by atoms with Crippen molar-refractivity contribution >= 4 is 21.9 Å². The lowest BCUT2D eigenvalue weighted by molar-refractivity contribution is -0.136. The predicted molar refractivity (Wildman–Crippen MR) is 74.9 cm³/mol. The lowest BCUT2D eigenvalue weighted by atomic mass is 10.1. The molecule has 0 saturated heterocycles. The van der Waals surface area contributed by atoms with Crippen LogP contribution in [-0.4, -0.2) is 24.8 Å². The van der Waals surface area contributed by atoms with E-state index >= 15 is 0 Å². The van der Waals surface area contributed by atoms with Crippen molar-refractivity contribution < 1.29 is 19.4 Å².